The van der Waals surface area contributed by atoms with E-state index in [0.717, 1.165) is 6.42 Å². The van der Waals surface area contributed by atoms with Gasteiger partial charge in [0, 0.05) is 19.0 Å². The molecule has 68 valence electrons. The first-order valence-corrected chi connectivity index (χ1v) is 4.25. The van der Waals surface area contributed by atoms with E-state index in [1.807, 2.05) is 13.8 Å². The molecule has 0 aromatic heterocycles. The molecular weight excluding hydrogens is 156 g/mol. The number of imide groups is 1. The van der Waals surface area contributed by atoms with Crippen molar-refractivity contribution in [2.75, 3.05) is 6.54 Å². The molecule has 1 N–H and O–H groups in total. The fraction of sp³-hybridized carbons (Fsp3) is 0.750. The molecule has 0 aromatic rings. The number of amides is 3. The van der Waals surface area contributed by atoms with E-state index in [1.54, 1.807) is 4.90 Å². The predicted octanol–water partition coefficient (Wildman–Crippen LogP) is 0.727. The lowest BCUT2D eigenvalue weighted by molar-refractivity contribution is -0.121. The van der Waals surface area contributed by atoms with Crippen LogP contribution in [0.2, 0.25) is 0 Å². The Bertz CT molecular complexity index is 203. The van der Waals surface area contributed by atoms with Gasteiger partial charge in [-0.3, -0.25) is 10.1 Å². The van der Waals surface area contributed by atoms with Crippen LogP contribution in [0.25, 0.3) is 0 Å². The summed E-state index contributed by atoms with van der Waals surface area (Å²) in [5.74, 6) is -0.167. The molecule has 4 nitrogen and oxygen atoms in total. The lowest BCUT2D eigenvalue weighted by Crippen LogP contribution is -2.52. The van der Waals surface area contributed by atoms with Crippen molar-refractivity contribution < 1.29 is 9.59 Å². The number of nitrogens with zero attached hydrogens (tertiary/aromatic N) is 1. The largest absolute Gasteiger partial charge is 0.324 e. The van der Waals surface area contributed by atoms with Gasteiger partial charge in [-0.25, -0.2) is 4.79 Å². The molecule has 0 spiro atoms. The summed E-state index contributed by atoms with van der Waals surface area (Å²) in [5, 5.41) is 2.29. The average Bonchev–Trinajstić information content (AvgIpc) is 2.03. The Balaban J connectivity index is 2.56. The Labute approximate surface area is 71.9 Å². The molecule has 1 fully saturated rings. The summed E-state index contributed by atoms with van der Waals surface area (Å²) >= 11 is 0. The van der Waals surface area contributed by atoms with Gasteiger partial charge in [-0.05, 0) is 13.3 Å². The Morgan fingerprint density at radius 3 is 2.75 bits per heavy atom. The molecule has 1 saturated heterocycles. The highest BCUT2D eigenvalue weighted by Crippen LogP contribution is 2.08. The second kappa shape index (κ2) is 3.56. The maximum absolute atomic E-state index is 11.2. The van der Waals surface area contributed by atoms with E-state index in [0.29, 0.717) is 13.0 Å². The summed E-state index contributed by atoms with van der Waals surface area (Å²) in [7, 11) is 0. The van der Waals surface area contributed by atoms with Gasteiger partial charge in [0.05, 0.1) is 0 Å². The van der Waals surface area contributed by atoms with Gasteiger partial charge in [0.15, 0.2) is 0 Å². The number of nitrogens with one attached hydrogen (secondary N) is 1. The van der Waals surface area contributed by atoms with Crippen molar-refractivity contribution in [2.45, 2.75) is 32.7 Å². The van der Waals surface area contributed by atoms with Crippen molar-refractivity contribution >= 4 is 11.9 Å². The molecule has 1 atom stereocenters. The molecule has 0 radical (unpaired) electrons. The summed E-state index contributed by atoms with van der Waals surface area (Å²) in [4.78, 5) is 23.7. The minimum atomic E-state index is -0.249. The van der Waals surface area contributed by atoms with Gasteiger partial charge in [0.2, 0.25) is 5.91 Å². The first kappa shape index (κ1) is 9.03. The van der Waals surface area contributed by atoms with Crippen LogP contribution in [-0.2, 0) is 4.79 Å². The van der Waals surface area contributed by atoms with Gasteiger partial charge < -0.3 is 4.90 Å². The van der Waals surface area contributed by atoms with Crippen LogP contribution < -0.4 is 5.32 Å². The van der Waals surface area contributed by atoms with Crippen molar-refractivity contribution in [1.29, 1.82) is 0 Å². The quantitative estimate of drug-likeness (QED) is 0.664. The van der Waals surface area contributed by atoms with E-state index < -0.39 is 0 Å². The van der Waals surface area contributed by atoms with Crippen LogP contribution in [0.4, 0.5) is 4.79 Å². The van der Waals surface area contributed by atoms with Gasteiger partial charge in [0.25, 0.3) is 0 Å². The number of carbonyl (C=O) groups is 2. The highest BCUT2D eigenvalue weighted by molar-refractivity contribution is 5.96. The molecule has 0 saturated carbocycles. The van der Waals surface area contributed by atoms with Gasteiger partial charge >= 0.3 is 6.03 Å². The van der Waals surface area contributed by atoms with Crippen LogP contribution >= 0.6 is 0 Å². The van der Waals surface area contributed by atoms with Gasteiger partial charge in [-0.15, -0.1) is 0 Å². The summed E-state index contributed by atoms with van der Waals surface area (Å²) < 4.78 is 0. The zero-order chi connectivity index (χ0) is 9.14. The van der Waals surface area contributed by atoms with Crippen molar-refractivity contribution in [3.8, 4) is 0 Å². The van der Waals surface area contributed by atoms with E-state index >= 15 is 0 Å². The van der Waals surface area contributed by atoms with Crippen molar-refractivity contribution in [3.05, 3.63) is 0 Å². The van der Waals surface area contributed by atoms with E-state index in [1.165, 1.54) is 0 Å². The molecule has 1 rings (SSSR count). The molecule has 4 heteroatoms. The number of urea groups is 1. The molecule has 1 aliphatic rings. The molecule has 1 aliphatic heterocycles. The second-order valence-corrected chi connectivity index (χ2v) is 3.05. The molecule has 1 heterocycles. The van der Waals surface area contributed by atoms with E-state index in [-0.39, 0.29) is 18.0 Å². The number of hydrogen-bond acceptors (Lipinski definition) is 2. The van der Waals surface area contributed by atoms with Crippen LogP contribution in [0.3, 0.4) is 0 Å². The lowest BCUT2D eigenvalue weighted by atomic mass is 10.2. The molecule has 3 amide bonds. The highest BCUT2D eigenvalue weighted by atomic mass is 16.2. The third kappa shape index (κ3) is 1.75. The van der Waals surface area contributed by atoms with Gasteiger partial charge in [-0.1, -0.05) is 6.92 Å². The summed E-state index contributed by atoms with van der Waals surface area (Å²) in [6, 6.07) is -0.0290. The van der Waals surface area contributed by atoms with E-state index in [9.17, 15) is 9.59 Å². The second-order valence-electron chi connectivity index (χ2n) is 3.05. The van der Waals surface area contributed by atoms with Gasteiger partial charge in [0.1, 0.15) is 0 Å². The number of hydrogen-bond donors (Lipinski definition) is 1. The summed E-state index contributed by atoms with van der Waals surface area (Å²) in [6.07, 6.45) is 1.34. The van der Waals surface area contributed by atoms with Crippen LogP contribution in [0.15, 0.2) is 0 Å². The zero-order valence-electron chi connectivity index (χ0n) is 7.46. The Hall–Kier alpha value is -1.06. The smallest absolute Gasteiger partial charge is 0.321 e. The summed E-state index contributed by atoms with van der Waals surface area (Å²) in [6.45, 7) is 4.56. The maximum atomic E-state index is 11.2. The molecule has 0 aliphatic carbocycles. The van der Waals surface area contributed by atoms with Gasteiger partial charge in [-0.2, -0.15) is 0 Å². The molecule has 12 heavy (non-hydrogen) atoms. The third-order valence-electron chi connectivity index (χ3n) is 2.21. The first-order chi connectivity index (χ1) is 5.65. The normalized spacial score (nSPS) is 20.7. The highest BCUT2D eigenvalue weighted by Gasteiger charge is 2.25. The Kier molecular flexibility index (Phi) is 2.68. The molecular formula is C8H14N2O2. The van der Waals surface area contributed by atoms with Crippen molar-refractivity contribution in [1.82, 2.24) is 10.2 Å². The first-order valence-electron chi connectivity index (χ1n) is 4.25. The molecule has 1 unspecified atom stereocenters. The van der Waals surface area contributed by atoms with E-state index in [2.05, 4.69) is 5.32 Å². The van der Waals surface area contributed by atoms with Crippen LogP contribution in [0, 0.1) is 0 Å². The fourth-order valence-electron chi connectivity index (χ4n) is 1.22. The van der Waals surface area contributed by atoms with Crippen LogP contribution in [0.1, 0.15) is 26.7 Å². The lowest BCUT2D eigenvalue weighted by Gasteiger charge is -2.31. The van der Waals surface area contributed by atoms with Crippen LogP contribution in [-0.4, -0.2) is 29.4 Å². The summed E-state index contributed by atoms with van der Waals surface area (Å²) in [5.41, 5.74) is 0. The Morgan fingerprint density at radius 2 is 2.25 bits per heavy atom. The number of rotatable bonds is 2. The van der Waals surface area contributed by atoms with Crippen molar-refractivity contribution in [3.63, 3.8) is 0 Å². The fourth-order valence-corrected chi connectivity index (χ4v) is 1.22. The average molecular weight is 170 g/mol. The standard InChI is InChI=1S/C8H14N2O2/c1-3-6(2)10-5-4-7(11)9-8(10)12/h6H,3-5H2,1-2H3,(H,9,11,12). The monoisotopic (exact) mass is 170 g/mol. The molecule has 0 aromatic carbocycles. The SMILES string of the molecule is CCC(C)N1CCC(=O)NC1=O. The number of carbonyl (C=O) groups excluding carboxylic acids is 2. The topological polar surface area (TPSA) is 49.4 Å². The maximum Gasteiger partial charge on any atom is 0.324 e. The van der Waals surface area contributed by atoms with Crippen molar-refractivity contribution in [2.24, 2.45) is 0 Å². The predicted molar refractivity (Wildman–Crippen MR) is 44.6 cm³/mol. The minimum absolute atomic E-state index is 0.167. The zero-order valence-corrected chi connectivity index (χ0v) is 7.46. The minimum Gasteiger partial charge on any atom is -0.321 e. The van der Waals surface area contributed by atoms with Crippen LogP contribution in [0.5, 0.6) is 0 Å². The molecule has 0 bridgehead atoms. The van der Waals surface area contributed by atoms with E-state index in [4.69, 9.17) is 0 Å². The third-order valence-corrected chi connectivity index (χ3v) is 2.21. The Morgan fingerprint density at radius 1 is 1.58 bits per heavy atom.